The Bertz CT molecular complexity index is 3980. The van der Waals surface area contributed by atoms with Gasteiger partial charge in [0.1, 0.15) is 5.82 Å². The number of pyridine rings is 1. The van der Waals surface area contributed by atoms with Gasteiger partial charge in [0.05, 0.1) is 16.7 Å². The molecule has 1 aliphatic rings. The maximum Gasteiger partial charge on any atom is 0.268 e. The average Bonchev–Trinajstić information content (AvgIpc) is 3.94. The van der Waals surface area contributed by atoms with Crippen LogP contribution in [-0.2, 0) is 26.5 Å². The summed E-state index contributed by atoms with van der Waals surface area (Å²) in [5.74, 6) is 1.99. The van der Waals surface area contributed by atoms with Gasteiger partial charge in [-0.2, -0.15) is 18.2 Å². The average molecular weight is 1080 g/mol. The van der Waals surface area contributed by atoms with Crippen LogP contribution in [0.25, 0.3) is 106 Å². The number of imidazole rings is 1. The number of ether oxygens (including phenoxy) is 1. The van der Waals surface area contributed by atoms with Crippen molar-refractivity contribution in [3.8, 4) is 84.3 Å². The molecule has 0 unspecified atom stereocenters. The van der Waals surface area contributed by atoms with Crippen molar-refractivity contribution in [3.63, 3.8) is 0 Å². The minimum absolute atomic E-state index is 0. The molecule has 0 aliphatic heterocycles. The molecule has 0 N–H and O–H groups in total. The summed E-state index contributed by atoms with van der Waals surface area (Å²) >= 11 is 0. The zero-order valence-corrected chi connectivity index (χ0v) is 41.0. The first kappa shape index (κ1) is 43.2. The summed E-state index contributed by atoms with van der Waals surface area (Å²) in [4.78, 5) is 4.87. The van der Waals surface area contributed by atoms with Crippen LogP contribution < -0.4 is 9.30 Å². The predicted molar refractivity (Wildman–Crippen MR) is 279 cm³/mol. The quantitative estimate of drug-likeness (QED) is 0.123. The first-order valence-corrected chi connectivity index (χ1v) is 23.5. The van der Waals surface area contributed by atoms with Gasteiger partial charge in [-0.05, 0) is 114 Å². The van der Waals surface area contributed by atoms with Crippen molar-refractivity contribution in [1.82, 2.24) is 14.1 Å². The number of hydrogen-bond acceptors (Lipinski definition) is 2. The van der Waals surface area contributed by atoms with Crippen molar-refractivity contribution in [2.24, 2.45) is 0 Å². The fraction of sp³-hybridized carbons (Fsp3) is 0.0625. The van der Waals surface area contributed by atoms with Gasteiger partial charge in [-0.15, -0.1) is 29.7 Å². The monoisotopic (exact) mass is 1080 g/mol. The summed E-state index contributed by atoms with van der Waals surface area (Å²) in [6.07, 6.45) is 5.69. The summed E-state index contributed by atoms with van der Waals surface area (Å²) in [5, 5.41) is 2.21. The van der Waals surface area contributed by atoms with E-state index in [-0.39, 0.29) is 26.5 Å². The van der Waals surface area contributed by atoms with Gasteiger partial charge in [-0.25, -0.2) is 4.98 Å². The van der Waals surface area contributed by atoms with Gasteiger partial charge < -0.3 is 13.9 Å². The van der Waals surface area contributed by atoms with Crippen molar-refractivity contribution in [2.45, 2.75) is 26.2 Å². The second kappa shape index (κ2) is 17.1. The molecule has 3 heterocycles. The molecule has 338 valence electrons. The molecule has 6 heteroatoms. The number of benzene rings is 9. The largest absolute Gasteiger partial charge is 0.510 e. The molecule has 1 aliphatic carbocycles. The second-order valence-electron chi connectivity index (χ2n) is 18.8. The molecule has 0 radical (unpaired) electrons. The Labute approximate surface area is 421 Å². The van der Waals surface area contributed by atoms with Gasteiger partial charge >= 0.3 is 0 Å². The fourth-order valence-corrected chi connectivity index (χ4v) is 10.2. The summed E-state index contributed by atoms with van der Waals surface area (Å²) in [7, 11) is 0. The van der Waals surface area contributed by atoms with Crippen LogP contribution in [0.15, 0.2) is 212 Å². The van der Waals surface area contributed by atoms with Gasteiger partial charge in [0.15, 0.2) is 0 Å². The standard InChI is InChI=1S/C64H44N4O.Pt/c1-64(2,3)44-34-35-65-63(37-44)68-59-27-14-13-26-56(59)57-32-30-48(40-61(57)68)69-47-19-15-18-45(38-47)67-41-66(60-33-28-43(36-62(60)67)42-16-5-4-6-17-42)46-29-31-55-53-24-10-9-22-51(53)49-20-7-8-21-50(49)52-23-11-12-25-54(52)58(55)39-46;/h4-37,39H,1-3H3;/q-2;. The van der Waals surface area contributed by atoms with Gasteiger partial charge in [-0.1, -0.05) is 166 Å². The minimum Gasteiger partial charge on any atom is -0.510 e. The van der Waals surface area contributed by atoms with Gasteiger partial charge in [0.2, 0.25) is 0 Å². The van der Waals surface area contributed by atoms with Crippen LogP contribution in [-0.4, -0.2) is 14.1 Å². The van der Waals surface area contributed by atoms with Gasteiger partial charge in [-0.3, -0.25) is 4.57 Å². The third-order valence-corrected chi connectivity index (χ3v) is 13.6. The van der Waals surface area contributed by atoms with E-state index in [1.54, 1.807) is 0 Å². The van der Waals surface area contributed by atoms with E-state index in [4.69, 9.17) is 9.72 Å². The van der Waals surface area contributed by atoms with E-state index >= 15 is 0 Å². The first-order valence-electron chi connectivity index (χ1n) is 23.5. The molecule has 0 fully saturated rings. The number of nitrogens with zero attached hydrogens (tertiary/aromatic N) is 4. The normalized spacial score (nSPS) is 11.8. The summed E-state index contributed by atoms with van der Waals surface area (Å²) in [5.41, 5.74) is 18.8. The van der Waals surface area contributed by atoms with Crippen molar-refractivity contribution in [2.75, 3.05) is 0 Å². The van der Waals surface area contributed by atoms with E-state index in [1.807, 2.05) is 24.4 Å². The summed E-state index contributed by atoms with van der Waals surface area (Å²) in [6, 6.07) is 80.5. The maximum absolute atomic E-state index is 6.70. The molecule has 0 atom stereocenters. The Balaban J connectivity index is 0.00000505. The van der Waals surface area contributed by atoms with Crippen LogP contribution >= 0.6 is 0 Å². The molecule has 3 aromatic heterocycles. The Morgan fingerprint density at radius 2 is 1.11 bits per heavy atom. The van der Waals surface area contributed by atoms with Crippen molar-refractivity contribution >= 4 is 32.8 Å². The molecule has 0 amide bonds. The zero-order valence-electron chi connectivity index (χ0n) is 38.7. The number of fused-ring (bicyclic) bond motifs is 12. The number of para-hydroxylation sites is 1. The smallest absolute Gasteiger partial charge is 0.268 e. The third-order valence-electron chi connectivity index (χ3n) is 13.6. The molecule has 0 spiro atoms. The third kappa shape index (κ3) is 7.28. The molecular weight excluding hydrogens is 1040 g/mol. The molecule has 12 aromatic rings. The Kier molecular flexibility index (Phi) is 10.6. The summed E-state index contributed by atoms with van der Waals surface area (Å²) < 4.78 is 13.2. The minimum atomic E-state index is -0.0354. The molecule has 70 heavy (non-hydrogen) atoms. The number of rotatable bonds is 6. The van der Waals surface area contributed by atoms with E-state index in [2.05, 4.69) is 241 Å². The van der Waals surface area contributed by atoms with Gasteiger partial charge in [0, 0.05) is 44.3 Å². The van der Waals surface area contributed by atoms with Crippen LogP contribution in [0.3, 0.4) is 0 Å². The topological polar surface area (TPSA) is 35.9 Å². The SMILES string of the molecule is CC(C)(C)c1ccnc(-n2c3[c-]c(Oc4[c-]c(-n5[c-][n+](-c6ccc7c(c6)-c6ccccc6-c6ccccc6-c6ccccc6-7)c6ccc(-c7ccccc7)cc65)ccc4)ccc3c3ccccc32)c1.[Pt]. The van der Waals surface area contributed by atoms with Crippen molar-refractivity contribution in [3.05, 3.63) is 236 Å². The summed E-state index contributed by atoms with van der Waals surface area (Å²) in [6.45, 7) is 6.68. The molecular formula is C64H44N4OPt-2. The van der Waals surface area contributed by atoms with E-state index in [9.17, 15) is 0 Å². The second-order valence-corrected chi connectivity index (χ2v) is 18.8. The molecule has 0 saturated carbocycles. The van der Waals surface area contributed by atoms with Gasteiger partial charge in [0.25, 0.3) is 6.33 Å². The zero-order chi connectivity index (χ0) is 46.2. The van der Waals surface area contributed by atoms with Crippen molar-refractivity contribution < 1.29 is 30.4 Å². The fourth-order valence-electron chi connectivity index (χ4n) is 10.2. The van der Waals surface area contributed by atoms with E-state index in [0.717, 1.165) is 61.2 Å². The Morgan fingerprint density at radius 3 is 1.81 bits per heavy atom. The van der Waals surface area contributed by atoms with Crippen molar-refractivity contribution in [1.29, 1.82) is 0 Å². The molecule has 13 rings (SSSR count). The Hall–Kier alpha value is -8.11. The van der Waals surface area contributed by atoms with E-state index in [1.165, 1.54) is 50.1 Å². The van der Waals surface area contributed by atoms with Crippen LogP contribution in [0, 0.1) is 18.5 Å². The number of aromatic nitrogens is 4. The molecule has 0 bridgehead atoms. The molecule has 5 nitrogen and oxygen atoms in total. The first-order chi connectivity index (χ1) is 33.8. The van der Waals surface area contributed by atoms with Crippen LogP contribution in [0.2, 0.25) is 0 Å². The predicted octanol–water partition coefficient (Wildman–Crippen LogP) is 15.5. The number of hydrogen-bond donors (Lipinski definition) is 0. The van der Waals surface area contributed by atoms with E-state index < -0.39 is 0 Å². The Morgan fingerprint density at radius 1 is 0.486 bits per heavy atom. The molecule has 0 saturated heterocycles. The maximum atomic E-state index is 6.70. The van der Waals surface area contributed by atoms with Crippen LogP contribution in [0.4, 0.5) is 0 Å². The molecule has 9 aromatic carbocycles. The van der Waals surface area contributed by atoms with Crippen LogP contribution in [0.5, 0.6) is 11.5 Å². The van der Waals surface area contributed by atoms with Crippen LogP contribution in [0.1, 0.15) is 26.3 Å². The van der Waals surface area contributed by atoms with E-state index in [0.29, 0.717) is 11.5 Å².